The molecule has 1 heterocycles. The summed E-state index contributed by atoms with van der Waals surface area (Å²) in [6, 6.07) is 5.71. The minimum Gasteiger partial charge on any atom is -0.504 e. The van der Waals surface area contributed by atoms with E-state index >= 15 is 0 Å². The number of nitrogens with zero attached hydrogens (tertiary/aromatic N) is 1. The van der Waals surface area contributed by atoms with Crippen LogP contribution in [-0.2, 0) is 0 Å². The van der Waals surface area contributed by atoms with Crippen LogP contribution >= 0.6 is 24.8 Å². The maximum atomic E-state index is 9.76. The summed E-state index contributed by atoms with van der Waals surface area (Å²) in [5.74, 6) is 0.732. The Balaban J connectivity index is 0.00000200. The summed E-state index contributed by atoms with van der Waals surface area (Å²) in [4.78, 5) is 2.38. The standard InChI is InChI=1S/C15H22N2O2.2ClH/c1-3-13(17-9-7-16-8-10-17)12-5-6-14(18)15(11-12)19-4-2;;/h3,5-6,11,13,16,18H,1,4,7-10H2,2H3;2*1H/t13-;;/m0../s1. The normalized spacial score (nSPS) is 16.2. The molecule has 2 rings (SSSR count). The topological polar surface area (TPSA) is 44.7 Å². The lowest BCUT2D eigenvalue weighted by Crippen LogP contribution is -2.44. The van der Waals surface area contributed by atoms with Crippen molar-refractivity contribution in [2.75, 3.05) is 32.8 Å². The van der Waals surface area contributed by atoms with Gasteiger partial charge in [-0.3, -0.25) is 4.90 Å². The van der Waals surface area contributed by atoms with E-state index in [-0.39, 0.29) is 36.6 Å². The molecule has 1 saturated heterocycles. The van der Waals surface area contributed by atoms with Crippen molar-refractivity contribution in [2.45, 2.75) is 13.0 Å². The predicted octanol–water partition coefficient (Wildman–Crippen LogP) is 2.77. The molecule has 0 aliphatic carbocycles. The fourth-order valence-electron chi connectivity index (χ4n) is 2.44. The first-order chi connectivity index (χ1) is 9.26. The number of nitrogens with one attached hydrogen (secondary N) is 1. The third-order valence-corrected chi connectivity index (χ3v) is 3.39. The Labute approximate surface area is 139 Å². The molecule has 1 aromatic carbocycles. The van der Waals surface area contributed by atoms with Gasteiger partial charge in [0.2, 0.25) is 0 Å². The average Bonchev–Trinajstić information content (AvgIpc) is 2.44. The quantitative estimate of drug-likeness (QED) is 0.813. The Bertz CT molecular complexity index is 438. The van der Waals surface area contributed by atoms with E-state index in [1.54, 1.807) is 6.07 Å². The fraction of sp³-hybridized carbons (Fsp3) is 0.467. The van der Waals surface area contributed by atoms with Crippen molar-refractivity contribution in [1.29, 1.82) is 0 Å². The zero-order valence-corrected chi connectivity index (χ0v) is 13.9. The highest BCUT2D eigenvalue weighted by molar-refractivity contribution is 5.85. The summed E-state index contributed by atoms with van der Waals surface area (Å²) in [5, 5.41) is 13.1. The molecule has 21 heavy (non-hydrogen) atoms. The number of piperazine rings is 1. The Kier molecular flexibility index (Phi) is 9.46. The van der Waals surface area contributed by atoms with Crippen LogP contribution in [0.4, 0.5) is 0 Å². The number of phenols is 1. The van der Waals surface area contributed by atoms with Gasteiger partial charge in [0.05, 0.1) is 12.6 Å². The van der Waals surface area contributed by atoms with Crippen LogP contribution in [0.5, 0.6) is 11.5 Å². The Morgan fingerprint density at radius 2 is 2.05 bits per heavy atom. The van der Waals surface area contributed by atoms with Crippen molar-refractivity contribution in [3.8, 4) is 11.5 Å². The molecule has 2 N–H and O–H groups in total. The van der Waals surface area contributed by atoms with Gasteiger partial charge in [-0.05, 0) is 24.6 Å². The van der Waals surface area contributed by atoms with Gasteiger partial charge in [-0.25, -0.2) is 0 Å². The van der Waals surface area contributed by atoms with Crippen molar-refractivity contribution in [1.82, 2.24) is 10.2 Å². The van der Waals surface area contributed by atoms with Gasteiger partial charge in [-0.1, -0.05) is 12.1 Å². The Morgan fingerprint density at radius 1 is 1.38 bits per heavy atom. The average molecular weight is 335 g/mol. The highest BCUT2D eigenvalue weighted by Gasteiger charge is 2.20. The van der Waals surface area contributed by atoms with Crippen LogP contribution in [-0.4, -0.2) is 42.8 Å². The molecule has 120 valence electrons. The van der Waals surface area contributed by atoms with E-state index < -0.39 is 0 Å². The van der Waals surface area contributed by atoms with Gasteiger partial charge < -0.3 is 15.2 Å². The van der Waals surface area contributed by atoms with Crippen LogP contribution in [0.3, 0.4) is 0 Å². The first kappa shape index (κ1) is 20.1. The summed E-state index contributed by atoms with van der Waals surface area (Å²) < 4.78 is 5.44. The molecule has 1 atom stereocenters. The molecule has 0 spiro atoms. The third-order valence-electron chi connectivity index (χ3n) is 3.39. The molecule has 0 bridgehead atoms. The lowest BCUT2D eigenvalue weighted by Gasteiger charge is -2.33. The van der Waals surface area contributed by atoms with Crippen LogP contribution < -0.4 is 10.1 Å². The number of hydrogen-bond donors (Lipinski definition) is 2. The molecular weight excluding hydrogens is 311 g/mol. The van der Waals surface area contributed by atoms with E-state index in [1.807, 2.05) is 25.1 Å². The van der Waals surface area contributed by atoms with Crippen molar-refractivity contribution in [2.24, 2.45) is 0 Å². The summed E-state index contributed by atoms with van der Waals surface area (Å²) in [7, 11) is 0. The summed E-state index contributed by atoms with van der Waals surface area (Å²) >= 11 is 0. The lowest BCUT2D eigenvalue weighted by molar-refractivity contribution is 0.203. The summed E-state index contributed by atoms with van der Waals surface area (Å²) in [6.07, 6.45) is 1.95. The van der Waals surface area contributed by atoms with E-state index in [4.69, 9.17) is 4.74 Å². The number of ether oxygens (including phenoxy) is 1. The number of hydrogen-bond acceptors (Lipinski definition) is 4. The maximum absolute atomic E-state index is 9.76. The van der Waals surface area contributed by atoms with Crippen LogP contribution in [0, 0.1) is 0 Å². The van der Waals surface area contributed by atoms with E-state index in [2.05, 4.69) is 16.8 Å². The molecule has 1 aromatic rings. The molecule has 0 saturated carbocycles. The van der Waals surface area contributed by atoms with E-state index in [1.165, 1.54) is 0 Å². The molecule has 1 fully saturated rings. The van der Waals surface area contributed by atoms with Crippen LogP contribution in [0.15, 0.2) is 30.9 Å². The largest absolute Gasteiger partial charge is 0.504 e. The van der Waals surface area contributed by atoms with Crippen molar-refractivity contribution in [3.05, 3.63) is 36.4 Å². The van der Waals surface area contributed by atoms with Gasteiger partial charge >= 0.3 is 0 Å². The maximum Gasteiger partial charge on any atom is 0.161 e. The molecule has 0 amide bonds. The SMILES string of the molecule is C=C[C@@H](c1ccc(O)c(OCC)c1)N1CCNCC1.Cl.Cl. The smallest absolute Gasteiger partial charge is 0.161 e. The Morgan fingerprint density at radius 3 is 2.62 bits per heavy atom. The Hall–Kier alpha value is -0.940. The molecule has 0 unspecified atom stereocenters. The van der Waals surface area contributed by atoms with Gasteiger partial charge in [0.15, 0.2) is 11.5 Å². The van der Waals surface area contributed by atoms with Crippen LogP contribution in [0.1, 0.15) is 18.5 Å². The molecule has 1 aliphatic rings. The number of rotatable bonds is 5. The van der Waals surface area contributed by atoms with Gasteiger partial charge in [0, 0.05) is 26.2 Å². The minimum absolute atomic E-state index is 0. The van der Waals surface area contributed by atoms with E-state index in [9.17, 15) is 5.11 Å². The molecule has 4 nitrogen and oxygen atoms in total. The second-order valence-corrected chi connectivity index (χ2v) is 4.63. The highest BCUT2D eigenvalue weighted by Crippen LogP contribution is 2.31. The minimum atomic E-state index is 0. The summed E-state index contributed by atoms with van der Waals surface area (Å²) in [5.41, 5.74) is 1.11. The first-order valence-corrected chi connectivity index (χ1v) is 6.79. The van der Waals surface area contributed by atoms with Crippen LogP contribution in [0.25, 0.3) is 0 Å². The van der Waals surface area contributed by atoms with Crippen LogP contribution in [0.2, 0.25) is 0 Å². The summed E-state index contributed by atoms with van der Waals surface area (Å²) in [6.45, 7) is 10.4. The van der Waals surface area contributed by atoms with Gasteiger partial charge in [0.1, 0.15) is 0 Å². The van der Waals surface area contributed by atoms with Gasteiger partial charge in [-0.2, -0.15) is 0 Å². The van der Waals surface area contributed by atoms with E-state index in [0.29, 0.717) is 12.4 Å². The number of halogens is 2. The van der Waals surface area contributed by atoms with Gasteiger partial charge in [0.25, 0.3) is 0 Å². The third kappa shape index (κ3) is 5.08. The number of benzene rings is 1. The second-order valence-electron chi connectivity index (χ2n) is 4.63. The predicted molar refractivity (Wildman–Crippen MR) is 91.2 cm³/mol. The molecular formula is C15H24Cl2N2O2. The van der Waals surface area contributed by atoms with Crippen molar-refractivity contribution < 1.29 is 9.84 Å². The molecule has 0 aromatic heterocycles. The number of phenolic OH excluding ortho intramolecular Hbond substituents is 1. The van der Waals surface area contributed by atoms with Gasteiger partial charge in [-0.15, -0.1) is 31.4 Å². The molecule has 0 radical (unpaired) electrons. The lowest BCUT2D eigenvalue weighted by atomic mass is 10.0. The van der Waals surface area contributed by atoms with Crippen molar-refractivity contribution in [3.63, 3.8) is 0 Å². The molecule has 6 heteroatoms. The first-order valence-electron chi connectivity index (χ1n) is 6.79. The highest BCUT2D eigenvalue weighted by atomic mass is 35.5. The number of aromatic hydroxyl groups is 1. The van der Waals surface area contributed by atoms with Crippen molar-refractivity contribution >= 4 is 24.8 Å². The zero-order valence-electron chi connectivity index (χ0n) is 12.2. The zero-order chi connectivity index (χ0) is 13.7. The second kappa shape index (κ2) is 9.90. The van der Waals surface area contributed by atoms with E-state index in [0.717, 1.165) is 31.7 Å². The molecule has 1 aliphatic heterocycles. The monoisotopic (exact) mass is 334 g/mol. The fourth-order valence-corrected chi connectivity index (χ4v) is 2.44.